The highest BCUT2D eigenvalue weighted by atomic mass is 16.6. The van der Waals surface area contributed by atoms with E-state index in [4.69, 9.17) is 14.2 Å². The van der Waals surface area contributed by atoms with E-state index in [1.807, 2.05) is 0 Å². The van der Waals surface area contributed by atoms with Gasteiger partial charge in [-0.1, -0.05) is 265 Å². The van der Waals surface area contributed by atoms with Crippen molar-refractivity contribution in [1.82, 2.24) is 0 Å². The predicted octanol–water partition coefficient (Wildman–Crippen LogP) is 17.5. The molecule has 1 atom stereocenters. The Morgan fingerprint density at radius 1 is 0.317 bits per heavy atom. The highest BCUT2D eigenvalue weighted by Crippen LogP contribution is 2.17. The number of hydrogen-bond donors (Lipinski definition) is 0. The van der Waals surface area contributed by atoms with E-state index >= 15 is 0 Å². The maximum absolute atomic E-state index is 12.8. The smallest absolute Gasteiger partial charge is 0.306 e. The second kappa shape index (κ2) is 48.4. The average Bonchev–Trinajstić information content (AvgIpc) is 3.23. The number of carbonyl (C=O) groups excluding carboxylic acids is 3. The van der Waals surface area contributed by atoms with Crippen LogP contribution in [-0.2, 0) is 28.6 Å². The van der Waals surface area contributed by atoms with Gasteiger partial charge >= 0.3 is 17.9 Å². The molecule has 0 radical (unpaired) electrons. The van der Waals surface area contributed by atoms with Crippen molar-refractivity contribution < 1.29 is 28.6 Å². The fourth-order valence-corrected chi connectivity index (χ4v) is 8.22. The van der Waals surface area contributed by atoms with E-state index in [1.165, 1.54) is 199 Å². The van der Waals surface area contributed by atoms with Crippen molar-refractivity contribution in [2.24, 2.45) is 5.92 Å². The number of unbranched alkanes of at least 4 members (excludes halogenated alkanes) is 36. The number of rotatable bonds is 49. The van der Waals surface area contributed by atoms with Gasteiger partial charge in [0.05, 0.1) is 0 Å². The molecule has 0 N–H and O–H groups in total. The van der Waals surface area contributed by atoms with Crippen LogP contribution < -0.4 is 0 Å². The molecule has 0 spiro atoms. The minimum Gasteiger partial charge on any atom is -0.462 e. The lowest BCUT2D eigenvalue weighted by Gasteiger charge is -2.18. The molecule has 0 aromatic carbocycles. The van der Waals surface area contributed by atoms with Crippen LogP contribution >= 0.6 is 0 Å². The average molecular weight is 849 g/mol. The van der Waals surface area contributed by atoms with Gasteiger partial charge in [-0.3, -0.25) is 14.4 Å². The number of ether oxygens (including phenoxy) is 3. The molecule has 0 saturated carbocycles. The SMILES string of the molecule is CCCCCCCCCCCCCCCCCCC(=O)OC[C@@H](COC(=O)CCCCCCCCC)OC(=O)CCCCCCCCCCCCCCCCCCC(C)C. The highest BCUT2D eigenvalue weighted by molar-refractivity contribution is 5.71. The largest absolute Gasteiger partial charge is 0.462 e. The summed E-state index contributed by atoms with van der Waals surface area (Å²) in [6, 6.07) is 0. The van der Waals surface area contributed by atoms with Crippen LogP contribution in [0.1, 0.15) is 304 Å². The summed E-state index contributed by atoms with van der Waals surface area (Å²) < 4.78 is 16.8. The van der Waals surface area contributed by atoms with Gasteiger partial charge in [-0.15, -0.1) is 0 Å². The van der Waals surface area contributed by atoms with Crippen LogP contribution in [0.3, 0.4) is 0 Å². The lowest BCUT2D eigenvalue weighted by atomic mass is 10.0. The fourth-order valence-electron chi connectivity index (χ4n) is 8.22. The van der Waals surface area contributed by atoms with Gasteiger partial charge in [-0.2, -0.15) is 0 Å². The third-order valence-corrected chi connectivity index (χ3v) is 12.3. The fraction of sp³-hybridized carbons (Fsp3) is 0.944. The van der Waals surface area contributed by atoms with Crippen molar-refractivity contribution in [3.8, 4) is 0 Å². The maximum atomic E-state index is 12.8. The lowest BCUT2D eigenvalue weighted by Crippen LogP contribution is -2.30. The molecule has 0 aliphatic carbocycles. The van der Waals surface area contributed by atoms with Gasteiger partial charge in [0.15, 0.2) is 6.10 Å². The lowest BCUT2D eigenvalue weighted by molar-refractivity contribution is -0.167. The van der Waals surface area contributed by atoms with E-state index in [1.54, 1.807) is 0 Å². The molecule has 0 aliphatic rings. The Kier molecular flexibility index (Phi) is 47.2. The van der Waals surface area contributed by atoms with Crippen LogP contribution in [0, 0.1) is 5.92 Å². The Morgan fingerprint density at radius 3 is 0.817 bits per heavy atom. The molecular weight excluding hydrogens is 745 g/mol. The summed E-state index contributed by atoms with van der Waals surface area (Å²) in [5.41, 5.74) is 0. The summed E-state index contributed by atoms with van der Waals surface area (Å²) in [5.74, 6) is 0.00370. The van der Waals surface area contributed by atoms with Crippen LogP contribution in [0.2, 0.25) is 0 Å². The van der Waals surface area contributed by atoms with Crippen molar-refractivity contribution in [2.45, 2.75) is 310 Å². The van der Waals surface area contributed by atoms with Gasteiger partial charge in [-0.05, 0) is 25.2 Å². The van der Waals surface area contributed by atoms with Gasteiger partial charge in [0.1, 0.15) is 13.2 Å². The van der Waals surface area contributed by atoms with Gasteiger partial charge in [0.2, 0.25) is 0 Å². The molecule has 0 rings (SSSR count). The van der Waals surface area contributed by atoms with Crippen molar-refractivity contribution >= 4 is 17.9 Å². The molecule has 356 valence electrons. The summed E-state index contributed by atoms with van der Waals surface area (Å²) in [4.78, 5) is 37.8. The van der Waals surface area contributed by atoms with Crippen molar-refractivity contribution in [1.29, 1.82) is 0 Å². The summed E-state index contributed by atoms with van der Waals surface area (Å²) in [7, 11) is 0. The minimum atomic E-state index is -0.759. The minimum absolute atomic E-state index is 0.0628. The molecule has 6 heteroatoms. The van der Waals surface area contributed by atoms with E-state index in [9.17, 15) is 14.4 Å². The zero-order chi connectivity index (χ0) is 43.8. The van der Waals surface area contributed by atoms with Crippen LogP contribution in [0.25, 0.3) is 0 Å². The normalized spacial score (nSPS) is 11.9. The Bertz CT molecular complexity index is 903. The molecular formula is C54H104O6. The van der Waals surface area contributed by atoms with Crippen molar-refractivity contribution in [2.75, 3.05) is 13.2 Å². The second-order valence-electron chi connectivity index (χ2n) is 19.0. The summed E-state index contributed by atoms with van der Waals surface area (Å²) in [6.45, 7) is 9.01. The third-order valence-electron chi connectivity index (χ3n) is 12.3. The van der Waals surface area contributed by atoms with E-state index in [0.717, 1.165) is 63.7 Å². The van der Waals surface area contributed by atoms with Crippen LogP contribution in [0.15, 0.2) is 0 Å². The molecule has 0 heterocycles. The van der Waals surface area contributed by atoms with Crippen molar-refractivity contribution in [3.05, 3.63) is 0 Å². The van der Waals surface area contributed by atoms with E-state index in [0.29, 0.717) is 19.3 Å². The van der Waals surface area contributed by atoms with E-state index in [-0.39, 0.29) is 31.1 Å². The topological polar surface area (TPSA) is 78.9 Å². The first-order valence-electron chi connectivity index (χ1n) is 26.9. The number of esters is 3. The molecule has 0 aromatic heterocycles. The first-order valence-corrected chi connectivity index (χ1v) is 26.9. The summed E-state index contributed by atoms with van der Waals surface area (Å²) in [5, 5.41) is 0. The maximum Gasteiger partial charge on any atom is 0.306 e. The Balaban J connectivity index is 4.17. The summed E-state index contributed by atoms with van der Waals surface area (Å²) in [6.07, 6.45) is 51.1. The van der Waals surface area contributed by atoms with E-state index < -0.39 is 6.10 Å². The predicted molar refractivity (Wildman–Crippen MR) is 257 cm³/mol. The monoisotopic (exact) mass is 849 g/mol. The zero-order valence-electron chi connectivity index (χ0n) is 40.9. The second-order valence-corrected chi connectivity index (χ2v) is 19.0. The first kappa shape index (κ1) is 58.4. The Hall–Kier alpha value is -1.59. The van der Waals surface area contributed by atoms with Crippen LogP contribution in [0.5, 0.6) is 0 Å². The van der Waals surface area contributed by atoms with E-state index in [2.05, 4.69) is 27.7 Å². The van der Waals surface area contributed by atoms with Crippen molar-refractivity contribution in [3.63, 3.8) is 0 Å². The molecule has 0 saturated heterocycles. The molecule has 0 amide bonds. The highest BCUT2D eigenvalue weighted by Gasteiger charge is 2.19. The van der Waals surface area contributed by atoms with Crippen LogP contribution in [-0.4, -0.2) is 37.2 Å². The van der Waals surface area contributed by atoms with Gasteiger partial charge < -0.3 is 14.2 Å². The third kappa shape index (κ3) is 47.5. The summed E-state index contributed by atoms with van der Waals surface area (Å²) >= 11 is 0. The zero-order valence-corrected chi connectivity index (χ0v) is 40.9. The molecule has 60 heavy (non-hydrogen) atoms. The van der Waals surface area contributed by atoms with Gasteiger partial charge in [0, 0.05) is 19.3 Å². The number of hydrogen-bond acceptors (Lipinski definition) is 6. The molecule has 0 aliphatic heterocycles. The van der Waals surface area contributed by atoms with Crippen LogP contribution in [0.4, 0.5) is 0 Å². The van der Waals surface area contributed by atoms with Gasteiger partial charge in [-0.25, -0.2) is 0 Å². The van der Waals surface area contributed by atoms with Gasteiger partial charge in [0.25, 0.3) is 0 Å². The first-order chi connectivity index (χ1) is 29.4. The Labute approximate surface area is 374 Å². The quantitative estimate of drug-likeness (QED) is 0.0345. The molecule has 0 unspecified atom stereocenters. The number of carbonyl (C=O) groups is 3. The molecule has 0 aromatic rings. The molecule has 0 fully saturated rings. The standard InChI is InChI=1S/C54H104O6/c1-5-7-9-11-13-14-15-16-17-21-24-27-30-34-38-42-46-53(56)59-49-51(48-58-52(55)45-41-37-32-12-10-8-6-2)60-54(57)47-43-39-35-31-28-25-22-19-18-20-23-26-29-33-36-40-44-50(3)4/h50-51H,5-49H2,1-4H3/t51-/m1/s1. The Morgan fingerprint density at radius 2 is 0.550 bits per heavy atom. The molecule has 6 nitrogen and oxygen atoms in total. The molecule has 0 bridgehead atoms.